The van der Waals surface area contributed by atoms with Crippen molar-refractivity contribution in [1.82, 2.24) is 14.8 Å². The number of hydrogen-bond donors (Lipinski definition) is 0. The Morgan fingerprint density at radius 1 is 1.03 bits per heavy atom. The van der Waals surface area contributed by atoms with E-state index in [2.05, 4.69) is 20.9 Å². The molecular formula is C22H24BrN3O3. The third-order valence-corrected chi connectivity index (χ3v) is 6.16. The quantitative estimate of drug-likeness (QED) is 0.511. The summed E-state index contributed by atoms with van der Waals surface area (Å²) in [6.07, 6.45) is 8.97. The lowest BCUT2D eigenvalue weighted by Gasteiger charge is -2.23. The molecule has 0 aliphatic carbocycles. The van der Waals surface area contributed by atoms with Crippen LogP contribution in [0.3, 0.4) is 0 Å². The Bertz CT molecular complexity index is 994. The van der Waals surface area contributed by atoms with Crippen molar-refractivity contribution in [2.24, 2.45) is 0 Å². The number of aromatic nitrogens is 3. The van der Waals surface area contributed by atoms with Crippen molar-refractivity contribution in [2.45, 2.75) is 44.2 Å². The Kier molecular flexibility index (Phi) is 5.52. The van der Waals surface area contributed by atoms with Crippen LogP contribution in [-0.4, -0.2) is 34.6 Å². The van der Waals surface area contributed by atoms with Gasteiger partial charge < -0.3 is 14.2 Å². The Balaban J connectivity index is 1.52. The van der Waals surface area contributed by atoms with Gasteiger partial charge >= 0.3 is 0 Å². The van der Waals surface area contributed by atoms with Crippen LogP contribution in [0.4, 0.5) is 0 Å². The smallest absolute Gasteiger partial charge is 0.168 e. The van der Waals surface area contributed by atoms with E-state index in [1.165, 1.54) is 0 Å². The predicted octanol–water partition coefficient (Wildman–Crippen LogP) is 5.58. The van der Waals surface area contributed by atoms with Crippen molar-refractivity contribution in [3.05, 3.63) is 46.8 Å². The van der Waals surface area contributed by atoms with E-state index in [-0.39, 0.29) is 6.23 Å². The maximum Gasteiger partial charge on any atom is 0.168 e. The van der Waals surface area contributed by atoms with Crippen LogP contribution in [0.25, 0.3) is 10.9 Å². The van der Waals surface area contributed by atoms with Gasteiger partial charge in [-0.15, -0.1) is 0 Å². The van der Waals surface area contributed by atoms with Crippen molar-refractivity contribution in [2.75, 3.05) is 19.8 Å². The second kappa shape index (κ2) is 8.42. The molecule has 2 saturated heterocycles. The van der Waals surface area contributed by atoms with Gasteiger partial charge in [-0.25, -0.2) is 4.68 Å². The highest BCUT2D eigenvalue weighted by molar-refractivity contribution is 9.10. The van der Waals surface area contributed by atoms with E-state index in [0.29, 0.717) is 5.92 Å². The Hall–Kier alpha value is -1.96. The zero-order chi connectivity index (χ0) is 19.6. The van der Waals surface area contributed by atoms with Crippen molar-refractivity contribution in [1.29, 1.82) is 0 Å². The summed E-state index contributed by atoms with van der Waals surface area (Å²) in [5, 5.41) is 5.92. The molecule has 0 N–H and O–H groups in total. The number of rotatable bonds is 4. The molecule has 2 aliphatic heterocycles. The highest BCUT2D eigenvalue weighted by Crippen LogP contribution is 2.38. The van der Waals surface area contributed by atoms with Crippen LogP contribution in [0.5, 0.6) is 11.5 Å². The van der Waals surface area contributed by atoms with Gasteiger partial charge in [0.05, 0.1) is 11.7 Å². The molecule has 1 atom stereocenters. The van der Waals surface area contributed by atoms with E-state index < -0.39 is 0 Å². The molecule has 1 unspecified atom stereocenters. The van der Waals surface area contributed by atoms with Gasteiger partial charge in [0.15, 0.2) is 5.75 Å². The maximum atomic E-state index is 6.45. The van der Waals surface area contributed by atoms with Gasteiger partial charge in [0.25, 0.3) is 0 Å². The van der Waals surface area contributed by atoms with E-state index >= 15 is 0 Å². The third kappa shape index (κ3) is 4.04. The molecule has 0 bridgehead atoms. The summed E-state index contributed by atoms with van der Waals surface area (Å²) < 4.78 is 20.9. The van der Waals surface area contributed by atoms with Gasteiger partial charge in [-0.05, 0) is 56.4 Å². The van der Waals surface area contributed by atoms with Crippen LogP contribution >= 0.6 is 15.9 Å². The Labute approximate surface area is 178 Å². The molecule has 29 heavy (non-hydrogen) atoms. The molecule has 2 aliphatic rings. The fourth-order valence-corrected chi connectivity index (χ4v) is 4.45. The van der Waals surface area contributed by atoms with E-state index in [0.717, 1.165) is 84.5 Å². The summed E-state index contributed by atoms with van der Waals surface area (Å²) in [5.74, 6) is 1.94. The van der Waals surface area contributed by atoms with Gasteiger partial charge in [-0.2, -0.15) is 5.10 Å². The lowest BCUT2D eigenvalue weighted by atomic mass is 9.96. The predicted molar refractivity (Wildman–Crippen MR) is 113 cm³/mol. The normalized spacial score (nSPS) is 20.8. The van der Waals surface area contributed by atoms with E-state index in [4.69, 9.17) is 19.3 Å². The molecule has 5 rings (SSSR count). The van der Waals surface area contributed by atoms with Gasteiger partial charge in [0, 0.05) is 41.8 Å². The monoisotopic (exact) mass is 457 g/mol. The topological polar surface area (TPSA) is 58.4 Å². The fourth-order valence-electron chi connectivity index (χ4n) is 4.10. The lowest BCUT2D eigenvalue weighted by molar-refractivity contribution is -0.0399. The second-order valence-electron chi connectivity index (χ2n) is 7.64. The minimum absolute atomic E-state index is 0.00942. The number of hydrogen-bond acceptors (Lipinski definition) is 5. The summed E-state index contributed by atoms with van der Waals surface area (Å²) in [6, 6.07) is 7.96. The van der Waals surface area contributed by atoms with Crippen molar-refractivity contribution in [3.8, 4) is 11.5 Å². The highest BCUT2D eigenvalue weighted by Gasteiger charge is 2.27. The van der Waals surface area contributed by atoms with Crippen molar-refractivity contribution < 1.29 is 14.2 Å². The van der Waals surface area contributed by atoms with Crippen molar-refractivity contribution in [3.63, 3.8) is 0 Å². The van der Waals surface area contributed by atoms with Crippen molar-refractivity contribution >= 4 is 26.8 Å². The first-order valence-corrected chi connectivity index (χ1v) is 11.1. The molecule has 0 saturated carbocycles. The zero-order valence-electron chi connectivity index (χ0n) is 16.2. The van der Waals surface area contributed by atoms with E-state index in [1.807, 2.05) is 35.1 Å². The molecule has 0 radical (unpaired) electrons. The number of pyridine rings is 1. The van der Waals surface area contributed by atoms with E-state index in [9.17, 15) is 0 Å². The van der Waals surface area contributed by atoms with Gasteiger partial charge in [0.2, 0.25) is 0 Å². The molecule has 4 heterocycles. The first kappa shape index (κ1) is 19.0. The minimum Gasteiger partial charge on any atom is -0.453 e. The third-order valence-electron chi connectivity index (χ3n) is 5.67. The van der Waals surface area contributed by atoms with Gasteiger partial charge in [-0.1, -0.05) is 15.9 Å². The van der Waals surface area contributed by atoms with Crippen LogP contribution in [-0.2, 0) is 9.47 Å². The molecule has 6 nitrogen and oxygen atoms in total. The number of nitrogens with zero attached hydrogens (tertiary/aromatic N) is 3. The van der Waals surface area contributed by atoms with Crippen LogP contribution in [0.2, 0.25) is 0 Å². The standard InChI is InChI=1S/C22H24BrN3O3/c23-16-4-5-17-18(13-16)24-9-6-19(17)29-20-14-26(21-3-1-2-10-28-21)25-22(20)15-7-11-27-12-8-15/h4-6,9,13-15,21H,1-3,7-8,10-12H2. The zero-order valence-corrected chi connectivity index (χ0v) is 17.8. The largest absolute Gasteiger partial charge is 0.453 e. The van der Waals surface area contributed by atoms with Gasteiger partial charge in [0.1, 0.15) is 17.7 Å². The molecule has 3 aromatic rings. The molecule has 1 aromatic carbocycles. The lowest BCUT2D eigenvalue weighted by Crippen LogP contribution is -2.19. The Morgan fingerprint density at radius 3 is 2.76 bits per heavy atom. The molecule has 2 fully saturated rings. The molecule has 0 amide bonds. The number of halogens is 1. The number of ether oxygens (including phenoxy) is 3. The van der Waals surface area contributed by atoms with Crippen LogP contribution in [0.15, 0.2) is 41.1 Å². The summed E-state index contributed by atoms with van der Waals surface area (Å²) in [6.45, 7) is 2.32. The molecule has 7 heteroatoms. The van der Waals surface area contributed by atoms with Crippen LogP contribution in [0.1, 0.15) is 49.9 Å². The van der Waals surface area contributed by atoms with E-state index in [1.54, 1.807) is 6.20 Å². The Morgan fingerprint density at radius 2 is 1.93 bits per heavy atom. The first-order valence-electron chi connectivity index (χ1n) is 10.3. The highest BCUT2D eigenvalue weighted by atomic mass is 79.9. The number of fused-ring (bicyclic) bond motifs is 1. The average molecular weight is 458 g/mol. The van der Waals surface area contributed by atoms with Crippen LogP contribution < -0.4 is 4.74 Å². The molecule has 2 aromatic heterocycles. The molecular weight excluding hydrogens is 434 g/mol. The molecule has 0 spiro atoms. The number of benzene rings is 1. The first-order chi connectivity index (χ1) is 14.3. The van der Waals surface area contributed by atoms with Crippen LogP contribution in [0, 0.1) is 0 Å². The summed E-state index contributed by atoms with van der Waals surface area (Å²) in [5.41, 5.74) is 1.90. The fraction of sp³-hybridized carbons (Fsp3) is 0.455. The molecule has 152 valence electrons. The maximum absolute atomic E-state index is 6.45. The minimum atomic E-state index is -0.00942. The summed E-state index contributed by atoms with van der Waals surface area (Å²) in [7, 11) is 0. The average Bonchev–Trinajstić information content (AvgIpc) is 3.19. The summed E-state index contributed by atoms with van der Waals surface area (Å²) in [4.78, 5) is 4.47. The van der Waals surface area contributed by atoms with Gasteiger partial charge in [-0.3, -0.25) is 4.98 Å². The summed E-state index contributed by atoms with van der Waals surface area (Å²) >= 11 is 3.52. The second-order valence-corrected chi connectivity index (χ2v) is 8.55. The SMILES string of the molecule is Brc1ccc2c(Oc3cn(C4CCCCO4)nc3C3CCOCC3)ccnc2c1.